The molecule has 0 spiro atoms. The summed E-state index contributed by atoms with van der Waals surface area (Å²) in [5.74, 6) is 0. The summed E-state index contributed by atoms with van der Waals surface area (Å²) in [6, 6.07) is 0. The van der Waals surface area contributed by atoms with E-state index in [0.29, 0.717) is 0 Å². The lowest BCUT2D eigenvalue weighted by Crippen LogP contribution is -2.12. The Morgan fingerprint density at radius 1 is 1.36 bits per heavy atom. The van der Waals surface area contributed by atoms with Crippen molar-refractivity contribution in [3.8, 4) is 0 Å². The highest BCUT2D eigenvalue weighted by atomic mass is 127. The molecule has 0 aliphatic carbocycles. The molecule has 78 valence electrons. The SMILES string of the molecule is CSc1nc(Cl)c(I)c(C(F)(F)F)n1. The standard InChI is InChI=1S/C6H3ClF3IN2S/c1-14-5-12-3(6(8,9)10)2(11)4(7)13-5/h1H3. The summed E-state index contributed by atoms with van der Waals surface area (Å²) in [5, 5.41) is -0.153. The first-order valence-corrected chi connectivity index (χ1v) is 5.88. The van der Waals surface area contributed by atoms with E-state index in [9.17, 15) is 13.2 Å². The molecule has 2 nitrogen and oxygen atoms in total. The molecule has 0 amide bonds. The molecule has 0 saturated heterocycles. The van der Waals surface area contributed by atoms with E-state index in [2.05, 4.69) is 9.97 Å². The summed E-state index contributed by atoms with van der Waals surface area (Å²) in [5.41, 5.74) is -0.984. The number of thioether (sulfide) groups is 1. The Labute approximate surface area is 101 Å². The van der Waals surface area contributed by atoms with Gasteiger partial charge in [0.1, 0.15) is 5.15 Å². The van der Waals surface area contributed by atoms with Gasteiger partial charge in [-0.15, -0.1) is 0 Å². The molecule has 14 heavy (non-hydrogen) atoms. The molecule has 0 N–H and O–H groups in total. The molecule has 0 unspecified atom stereocenters. The van der Waals surface area contributed by atoms with Crippen LogP contribution in [-0.4, -0.2) is 16.2 Å². The van der Waals surface area contributed by atoms with Gasteiger partial charge in [-0.1, -0.05) is 23.4 Å². The molecule has 1 aromatic heterocycles. The number of hydrogen-bond acceptors (Lipinski definition) is 3. The second kappa shape index (κ2) is 4.40. The summed E-state index contributed by atoms with van der Waals surface area (Å²) in [6.07, 6.45) is -2.91. The molecule has 0 saturated carbocycles. The van der Waals surface area contributed by atoms with Crippen LogP contribution in [0.1, 0.15) is 5.69 Å². The van der Waals surface area contributed by atoms with Crippen molar-refractivity contribution in [3.05, 3.63) is 14.4 Å². The van der Waals surface area contributed by atoms with Crippen LogP contribution in [0.2, 0.25) is 5.15 Å². The summed E-state index contributed by atoms with van der Waals surface area (Å²) in [6.45, 7) is 0. The van der Waals surface area contributed by atoms with Crippen molar-refractivity contribution in [3.63, 3.8) is 0 Å². The average molecular weight is 355 g/mol. The molecule has 1 rings (SSSR count). The molecule has 8 heteroatoms. The van der Waals surface area contributed by atoms with Gasteiger partial charge in [-0.2, -0.15) is 13.2 Å². The smallest absolute Gasteiger partial charge is 0.217 e. The highest BCUT2D eigenvalue weighted by Crippen LogP contribution is 2.34. The monoisotopic (exact) mass is 354 g/mol. The lowest BCUT2D eigenvalue weighted by Gasteiger charge is -2.09. The van der Waals surface area contributed by atoms with Gasteiger partial charge in [0.15, 0.2) is 10.9 Å². The van der Waals surface area contributed by atoms with Gasteiger partial charge in [0.2, 0.25) is 0 Å². The molecule has 1 aromatic rings. The summed E-state index contributed by atoms with van der Waals surface area (Å²) in [7, 11) is 0. The maximum Gasteiger partial charge on any atom is 0.434 e. The first kappa shape index (κ1) is 12.3. The van der Waals surface area contributed by atoms with Gasteiger partial charge in [-0.25, -0.2) is 9.97 Å². The Balaban J connectivity index is 3.35. The van der Waals surface area contributed by atoms with E-state index in [0.717, 1.165) is 11.8 Å². The number of rotatable bonds is 1. The third-order valence-electron chi connectivity index (χ3n) is 1.24. The third-order valence-corrected chi connectivity index (χ3v) is 3.40. The van der Waals surface area contributed by atoms with Crippen LogP contribution in [0.15, 0.2) is 5.16 Å². The lowest BCUT2D eigenvalue weighted by molar-refractivity contribution is -0.142. The molecule has 1 heterocycles. The second-order valence-electron chi connectivity index (χ2n) is 2.16. The predicted octanol–water partition coefficient (Wildman–Crippen LogP) is 3.48. The van der Waals surface area contributed by atoms with Crippen molar-refractivity contribution >= 4 is 46.0 Å². The number of halogens is 5. The Morgan fingerprint density at radius 3 is 2.36 bits per heavy atom. The Morgan fingerprint density at radius 2 is 1.93 bits per heavy atom. The maximum absolute atomic E-state index is 12.4. The number of hydrogen-bond donors (Lipinski definition) is 0. The quantitative estimate of drug-likeness (QED) is 0.334. The third kappa shape index (κ3) is 2.63. The molecular weight excluding hydrogens is 351 g/mol. The van der Waals surface area contributed by atoms with Gasteiger partial charge >= 0.3 is 6.18 Å². The molecule has 0 fully saturated rings. The lowest BCUT2D eigenvalue weighted by atomic mass is 10.4. The minimum atomic E-state index is -4.49. The van der Waals surface area contributed by atoms with E-state index >= 15 is 0 Å². The maximum atomic E-state index is 12.4. The van der Waals surface area contributed by atoms with Gasteiger partial charge in [0, 0.05) is 0 Å². The van der Waals surface area contributed by atoms with Crippen molar-refractivity contribution in [2.75, 3.05) is 6.26 Å². The number of alkyl halides is 3. The largest absolute Gasteiger partial charge is 0.434 e. The van der Waals surface area contributed by atoms with Crippen molar-refractivity contribution in [1.82, 2.24) is 9.97 Å². The molecule has 0 atom stereocenters. The fourth-order valence-corrected chi connectivity index (χ4v) is 1.81. The fraction of sp³-hybridized carbons (Fsp3) is 0.333. The van der Waals surface area contributed by atoms with Gasteiger partial charge in [0.05, 0.1) is 3.57 Å². The van der Waals surface area contributed by atoms with Gasteiger partial charge in [-0.05, 0) is 28.8 Å². The van der Waals surface area contributed by atoms with E-state index < -0.39 is 11.9 Å². The predicted molar refractivity (Wildman–Crippen MR) is 56.5 cm³/mol. The number of aromatic nitrogens is 2. The molecule has 0 bridgehead atoms. The molecule has 0 aliphatic heterocycles. The van der Waals surface area contributed by atoms with E-state index in [1.807, 2.05) is 0 Å². The van der Waals surface area contributed by atoms with Crippen LogP contribution in [0, 0.1) is 3.57 Å². The van der Waals surface area contributed by atoms with Crippen LogP contribution in [0.25, 0.3) is 0 Å². The van der Waals surface area contributed by atoms with E-state index in [1.54, 1.807) is 6.26 Å². The van der Waals surface area contributed by atoms with Crippen LogP contribution >= 0.6 is 46.0 Å². The number of nitrogens with zero attached hydrogens (tertiary/aromatic N) is 2. The van der Waals surface area contributed by atoms with Gasteiger partial charge < -0.3 is 0 Å². The van der Waals surface area contributed by atoms with Gasteiger partial charge in [0.25, 0.3) is 0 Å². The van der Waals surface area contributed by atoms with Crippen LogP contribution in [0.5, 0.6) is 0 Å². The Bertz CT molecular complexity index is 358. The topological polar surface area (TPSA) is 25.8 Å². The second-order valence-corrected chi connectivity index (χ2v) is 4.37. The normalized spacial score (nSPS) is 11.9. The van der Waals surface area contributed by atoms with Crippen LogP contribution in [-0.2, 0) is 6.18 Å². The zero-order chi connectivity index (χ0) is 10.9. The highest BCUT2D eigenvalue weighted by molar-refractivity contribution is 14.1. The van der Waals surface area contributed by atoms with Crippen molar-refractivity contribution in [2.45, 2.75) is 11.3 Å². The Hall–Kier alpha value is 0.240. The van der Waals surface area contributed by atoms with E-state index in [1.165, 1.54) is 22.6 Å². The molecule has 0 aliphatic rings. The molecule has 0 radical (unpaired) electrons. The molecule has 0 aromatic carbocycles. The van der Waals surface area contributed by atoms with E-state index in [4.69, 9.17) is 11.6 Å². The molecular formula is C6H3ClF3IN2S. The van der Waals surface area contributed by atoms with Crippen molar-refractivity contribution in [2.24, 2.45) is 0 Å². The minimum Gasteiger partial charge on any atom is -0.217 e. The minimum absolute atomic E-state index is 0.0164. The van der Waals surface area contributed by atoms with Crippen molar-refractivity contribution < 1.29 is 13.2 Å². The van der Waals surface area contributed by atoms with Crippen LogP contribution < -0.4 is 0 Å². The van der Waals surface area contributed by atoms with E-state index in [-0.39, 0.29) is 13.9 Å². The van der Waals surface area contributed by atoms with Crippen molar-refractivity contribution in [1.29, 1.82) is 0 Å². The fourth-order valence-electron chi connectivity index (χ4n) is 0.680. The van der Waals surface area contributed by atoms with Crippen LogP contribution in [0.3, 0.4) is 0 Å². The Kier molecular flexibility index (Phi) is 3.87. The van der Waals surface area contributed by atoms with Gasteiger partial charge in [-0.3, -0.25) is 0 Å². The zero-order valence-electron chi connectivity index (χ0n) is 6.69. The summed E-state index contributed by atoms with van der Waals surface area (Å²) < 4.78 is 37.0. The first-order valence-electron chi connectivity index (χ1n) is 3.20. The summed E-state index contributed by atoms with van der Waals surface area (Å²) in [4.78, 5) is 7.03. The average Bonchev–Trinajstić information content (AvgIpc) is 2.07. The zero-order valence-corrected chi connectivity index (χ0v) is 10.4. The van der Waals surface area contributed by atoms with Crippen LogP contribution in [0.4, 0.5) is 13.2 Å². The first-order chi connectivity index (χ1) is 6.36. The highest BCUT2D eigenvalue weighted by Gasteiger charge is 2.36. The summed E-state index contributed by atoms with van der Waals surface area (Å²) >= 11 is 8.02.